The fourth-order valence-corrected chi connectivity index (χ4v) is 3.73. The fraction of sp³-hybridized carbons (Fsp3) is 0.350. The molecule has 0 saturated heterocycles. The van der Waals surface area contributed by atoms with Crippen LogP contribution in [0.1, 0.15) is 24.5 Å². The number of likely N-dealkylation sites (N-methyl/N-ethyl adjacent to an activating group) is 1. The molecule has 2 aromatic carbocycles. The zero-order valence-corrected chi connectivity index (χ0v) is 16.3. The van der Waals surface area contributed by atoms with E-state index in [2.05, 4.69) is 17.4 Å². The molecule has 1 amide bonds. The Labute approximate surface area is 156 Å². The van der Waals surface area contributed by atoms with E-state index in [1.165, 1.54) is 12.6 Å². The second-order valence-electron chi connectivity index (χ2n) is 6.57. The number of sulfonamides is 1. The maximum atomic E-state index is 12.5. The summed E-state index contributed by atoms with van der Waals surface area (Å²) in [5.74, 6) is -0.302. The largest absolute Gasteiger partial charge is 0.352 e. The molecule has 26 heavy (non-hydrogen) atoms. The first-order valence-electron chi connectivity index (χ1n) is 8.65. The second kappa shape index (κ2) is 8.96. The van der Waals surface area contributed by atoms with Gasteiger partial charge in [0.05, 0.1) is 11.4 Å². The maximum Gasteiger partial charge on any atom is 0.243 e. The van der Waals surface area contributed by atoms with Crippen molar-refractivity contribution in [1.82, 2.24) is 9.62 Å². The smallest absolute Gasteiger partial charge is 0.243 e. The minimum atomic E-state index is -3.67. The highest BCUT2D eigenvalue weighted by Gasteiger charge is 2.23. The molecule has 140 valence electrons. The number of hydrogen-bond donors (Lipinski definition) is 1. The molecule has 2 aromatic rings. The average Bonchev–Trinajstić information content (AvgIpc) is 2.61. The molecule has 0 fully saturated rings. The molecule has 1 N–H and O–H groups in total. The lowest BCUT2D eigenvalue weighted by atomic mass is 10.1. The molecule has 0 aliphatic rings. The number of nitrogens with one attached hydrogen (secondary N) is 1. The lowest BCUT2D eigenvalue weighted by Crippen LogP contribution is -2.41. The molecule has 1 atom stereocenters. The summed E-state index contributed by atoms with van der Waals surface area (Å²) in [5.41, 5.74) is 2.20. The first kappa shape index (κ1) is 20.1. The molecular weight excluding hydrogens is 348 g/mol. The molecule has 0 unspecified atom stereocenters. The average molecular weight is 375 g/mol. The van der Waals surface area contributed by atoms with Gasteiger partial charge in [0.25, 0.3) is 0 Å². The Kier molecular flexibility index (Phi) is 6.94. The van der Waals surface area contributed by atoms with Crippen LogP contribution in [0.4, 0.5) is 0 Å². The Morgan fingerprint density at radius 2 is 1.69 bits per heavy atom. The summed E-state index contributed by atoms with van der Waals surface area (Å²) >= 11 is 0. The van der Waals surface area contributed by atoms with Crippen molar-refractivity contribution in [2.75, 3.05) is 13.6 Å². The summed E-state index contributed by atoms with van der Waals surface area (Å²) < 4.78 is 26.1. The number of amides is 1. The van der Waals surface area contributed by atoms with Crippen molar-refractivity contribution in [3.05, 3.63) is 65.7 Å². The van der Waals surface area contributed by atoms with E-state index in [1.807, 2.05) is 32.0 Å². The predicted molar refractivity (Wildman–Crippen MR) is 103 cm³/mol. The fourth-order valence-electron chi connectivity index (χ4n) is 2.60. The number of aryl methyl sites for hydroxylation is 2. The Morgan fingerprint density at radius 1 is 1.08 bits per heavy atom. The summed E-state index contributed by atoms with van der Waals surface area (Å²) in [6, 6.07) is 16.6. The van der Waals surface area contributed by atoms with Crippen LogP contribution in [0.3, 0.4) is 0 Å². The van der Waals surface area contributed by atoms with Crippen LogP contribution in [0.5, 0.6) is 0 Å². The van der Waals surface area contributed by atoms with E-state index in [0.29, 0.717) is 0 Å². The van der Waals surface area contributed by atoms with Gasteiger partial charge in [-0.25, -0.2) is 8.42 Å². The summed E-state index contributed by atoms with van der Waals surface area (Å²) in [6.45, 7) is 3.62. The molecule has 0 radical (unpaired) electrons. The number of carbonyl (C=O) groups is 1. The monoisotopic (exact) mass is 374 g/mol. The molecule has 0 heterocycles. The lowest BCUT2D eigenvalue weighted by molar-refractivity contribution is -0.121. The first-order valence-corrected chi connectivity index (χ1v) is 10.1. The van der Waals surface area contributed by atoms with Crippen LogP contribution in [0.25, 0.3) is 0 Å². The van der Waals surface area contributed by atoms with Gasteiger partial charge in [0.15, 0.2) is 0 Å². The van der Waals surface area contributed by atoms with Gasteiger partial charge in [0, 0.05) is 13.1 Å². The normalized spacial score (nSPS) is 12.8. The molecule has 0 aromatic heterocycles. The Bertz CT molecular complexity index is 818. The van der Waals surface area contributed by atoms with Gasteiger partial charge in [-0.05, 0) is 44.4 Å². The van der Waals surface area contributed by atoms with Gasteiger partial charge in [-0.1, -0.05) is 48.0 Å². The molecule has 0 spiro atoms. The topological polar surface area (TPSA) is 66.5 Å². The number of hydrogen-bond acceptors (Lipinski definition) is 3. The van der Waals surface area contributed by atoms with E-state index in [-0.39, 0.29) is 23.4 Å². The van der Waals surface area contributed by atoms with E-state index in [9.17, 15) is 13.2 Å². The Balaban J connectivity index is 1.86. The highest BCUT2D eigenvalue weighted by Crippen LogP contribution is 2.14. The summed E-state index contributed by atoms with van der Waals surface area (Å²) in [6.07, 6.45) is 1.66. The van der Waals surface area contributed by atoms with Crippen molar-refractivity contribution in [1.29, 1.82) is 0 Å². The van der Waals surface area contributed by atoms with Crippen molar-refractivity contribution < 1.29 is 13.2 Å². The van der Waals surface area contributed by atoms with Gasteiger partial charge in [0.2, 0.25) is 15.9 Å². The maximum absolute atomic E-state index is 12.5. The molecular formula is C20H26N2O3S. The van der Waals surface area contributed by atoms with E-state index < -0.39 is 10.0 Å². The molecule has 0 aliphatic carbocycles. The van der Waals surface area contributed by atoms with E-state index >= 15 is 0 Å². The molecule has 0 bridgehead atoms. The van der Waals surface area contributed by atoms with E-state index in [0.717, 1.165) is 22.7 Å². The first-order chi connectivity index (χ1) is 12.3. The molecule has 5 nitrogen and oxygen atoms in total. The summed E-state index contributed by atoms with van der Waals surface area (Å²) in [5, 5.41) is 2.87. The van der Waals surface area contributed by atoms with Gasteiger partial charge in [-0.15, -0.1) is 0 Å². The van der Waals surface area contributed by atoms with Crippen LogP contribution in [0.15, 0.2) is 59.5 Å². The Hall–Kier alpha value is -2.18. The van der Waals surface area contributed by atoms with Crippen LogP contribution >= 0.6 is 0 Å². The molecule has 0 aliphatic heterocycles. The van der Waals surface area contributed by atoms with Crippen LogP contribution in [-0.2, 0) is 21.2 Å². The van der Waals surface area contributed by atoms with Gasteiger partial charge < -0.3 is 5.32 Å². The van der Waals surface area contributed by atoms with E-state index in [4.69, 9.17) is 0 Å². The molecule has 2 rings (SSSR count). The third-order valence-corrected chi connectivity index (χ3v) is 6.03. The molecule has 6 heteroatoms. The van der Waals surface area contributed by atoms with Gasteiger partial charge in [-0.2, -0.15) is 4.31 Å². The molecule has 0 saturated carbocycles. The number of rotatable bonds is 8. The highest BCUT2D eigenvalue weighted by molar-refractivity contribution is 7.89. The second-order valence-corrected chi connectivity index (χ2v) is 8.61. The number of carbonyl (C=O) groups excluding carboxylic acids is 1. The van der Waals surface area contributed by atoms with E-state index in [1.54, 1.807) is 24.3 Å². The van der Waals surface area contributed by atoms with Crippen LogP contribution in [-0.4, -0.2) is 38.3 Å². The van der Waals surface area contributed by atoms with Crippen molar-refractivity contribution in [2.24, 2.45) is 0 Å². The lowest BCUT2D eigenvalue weighted by Gasteiger charge is -2.19. The predicted octanol–water partition coefficient (Wildman–Crippen LogP) is 2.75. The minimum absolute atomic E-state index is 0.0295. The van der Waals surface area contributed by atoms with Crippen LogP contribution in [0.2, 0.25) is 0 Å². The minimum Gasteiger partial charge on any atom is -0.352 e. The zero-order valence-electron chi connectivity index (χ0n) is 15.5. The van der Waals surface area contributed by atoms with Gasteiger partial charge in [0.1, 0.15) is 0 Å². The SMILES string of the molecule is Cc1ccc(S(=O)(=O)N(C)CC(=O)N[C@@H](C)CCc2ccccc2)cc1. The third kappa shape index (κ3) is 5.68. The van der Waals surface area contributed by atoms with Crippen LogP contribution in [0, 0.1) is 6.92 Å². The van der Waals surface area contributed by atoms with Gasteiger partial charge >= 0.3 is 0 Å². The standard InChI is InChI=1S/C20H26N2O3S/c1-16-9-13-19(14-10-16)26(24,25)22(3)15-20(23)21-17(2)11-12-18-7-5-4-6-8-18/h4-10,13-14,17H,11-12,15H2,1-3H3,(H,21,23)/t17-/m0/s1. The van der Waals surface area contributed by atoms with Crippen molar-refractivity contribution in [3.63, 3.8) is 0 Å². The quantitative estimate of drug-likeness (QED) is 0.773. The zero-order chi connectivity index (χ0) is 19.2. The van der Waals surface area contributed by atoms with Gasteiger partial charge in [-0.3, -0.25) is 4.79 Å². The number of benzene rings is 2. The van der Waals surface area contributed by atoms with Crippen LogP contribution < -0.4 is 5.32 Å². The van der Waals surface area contributed by atoms with Crippen molar-refractivity contribution >= 4 is 15.9 Å². The summed E-state index contributed by atoms with van der Waals surface area (Å²) in [7, 11) is -2.25. The summed E-state index contributed by atoms with van der Waals surface area (Å²) in [4.78, 5) is 12.4. The Morgan fingerprint density at radius 3 is 2.31 bits per heavy atom. The number of nitrogens with zero attached hydrogens (tertiary/aromatic N) is 1. The van der Waals surface area contributed by atoms with Crippen molar-refractivity contribution in [3.8, 4) is 0 Å². The van der Waals surface area contributed by atoms with Crippen molar-refractivity contribution in [2.45, 2.75) is 37.6 Å². The third-order valence-electron chi connectivity index (χ3n) is 4.21. The highest BCUT2D eigenvalue weighted by atomic mass is 32.2.